The van der Waals surface area contributed by atoms with Gasteiger partial charge in [0.15, 0.2) is 0 Å². The number of rotatable bonds is 3. The van der Waals surface area contributed by atoms with Gasteiger partial charge >= 0.3 is 0 Å². The fourth-order valence-corrected chi connectivity index (χ4v) is 1.06. The highest BCUT2D eigenvalue weighted by Gasteiger charge is 1.98. The van der Waals surface area contributed by atoms with E-state index in [9.17, 15) is 4.79 Å². The summed E-state index contributed by atoms with van der Waals surface area (Å²) in [6, 6.07) is 7.48. The van der Waals surface area contributed by atoms with E-state index < -0.39 is 0 Å². The quantitative estimate of drug-likeness (QED) is 0.602. The molecule has 0 radical (unpaired) electrons. The molecule has 0 aliphatic carbocycles. The Morgan fingerprint density at radius 3 is 2.33 bits per heavy atom. The summed E-state index contributed by atoms with van der Waals surface area (Å²) in [6.07, 6.45) is 0. The molecule has 4 heteroatoms. The van der Waals surface area contributed by atoms with Crippen LogP contribution in [0.15, 0.2) is 29.4 Å². The molecule has 1 aromatic rings. The van der Waals surface area contributed by atoms with Gasteiger partial charge in [0, 0.05) is 6.92 Å². The van der Waals surface area contributed by atoms with Crippen LogP contribution in [0.1, 0.15) is 19.4 Å². The first-order valence-corrected chi connectivity index (χ1v) is 4.59. The van der Waals surface area contributed by atoms with Gasteiger partial charge < -0.3 is 4.74 Å². The van der Waals surface area contributed by atoms with Gasteiger partial charge in [-0.2, -0.15) is 5.10 Å². The Balaban J connectivity index is 2.77. The Kier molecular flexibility index (Phi) is 3.85. The molecule has 0 atom stereocenters. The predicted octanol–water partition coefficient (Wildman–Crippen LogP) is 1.56. The first kappa shape index (κ1) is 11.2. The molecule has 0 bridgehead atoms. The van der Waals surface area contributed by atoms with Crippen LogP contribution < -0.4 is 10.2 Å². The van der Waals surface area contributed by atoms with Crippen LogP contribution in [0.3, 0.4) is 0 Å². The number of hydrogen-bond donors (Lipinski definition) is 1. The molecule has 1 aromatic carbocycles. The van der Waals surface area contributed by atoms with Crippen LogP contribution in [0, 0.1) is 0 Å². The van der Waals surface area contributed by atoms with Crippen molar-refractivity contribution in [2.45, 2.75) is 13.8 Å². The molecule has 1 rings (SSSR count). The third-order valence-electron chi connectivity index (χ3n) is 1.89. The Morgan fingerprint density at radius 2 is 1.87 bits per heavy atom. The van der Waals surface area contributed by atoms with Crippen LogP contribution in [-0.4, -0.2) is 18.7 Å². The smallest absolute Gasteiger partial charge is 0.236 e. The van der Waals surface area contributed by atoms with E-state index in [0.717, 1.165) is 17.0 Å². The third kappa shape index (κ3) is 3.42. The fourth-order valence-electron chi connectivity index (χ4n) is 1.06. The van der Waals surface area contributed by atoms with E-state index in [1.54, 1.807) is 7.11 Å². The van der Waals surface area contributed by atoms with Gasteiger partial charge in [-0.25, -0.2) is 5.43 Å². The molecule has 0 heterocycles. The Morgan fingerprint density at radius 1 is 1.27 bits per heavy atom. The number of hydrogen-bond acceptors (Lipinski definition) is 3. The number of benzene rings is 1. The lowest BCUT2D eigenvalue weighted by Gasteiger charge is -2.03. The highest BCUT2D eigenvalue weighted by molar-refractivity contribution is 5.99. The normalized spacial score (nSPS) is 11.0. The number of methoxy groups -OCH3 is 1. The van der Waals surface area contributed by atoms with Crippen molar-refractivity contribution in [3.05, 3.63) is 29.8 Å². The fraction of sp³-hybridized carbons (Fsp3) is 0.273. The summed E-state index contributed by atoms with van der Waals surface area (Å²) < 4.78 is 5.04. The van der Waals surface area contributed by atoms with Gasteiger partial charge in [-0.1, -0.05) is 0 Å². The second kappa shape index (κ2) is 5.14. The monoisotopic (exact) mass is 206 g/mol. The molecule has 80 valence electrons. The number of ether oxygens (including phenoxy) is 1. The largest absolute Gasteiger partial charge is 0.497 e. The first-order chi connectivity index (χ1) is 7.13. The average Bonchev–Trinajstić information content (AvgIpc) is 2.26. The van der Waals surface area contributed by atoms with E-state index in [2.05, 4.69) is 10.5 Å². The molecule has 15 heavy (non-hydrogen) atoms. The van der Waals surface area contributed by atoms with Gasteiger partial charge in [0.25, 0.3) is 0 Å². The second-order valence-electron chi connectivity index (χ2n) is 3.09. The Labute approximate surface area is 88.9 Å². The standard InChI is InChI=1S/C11H14N2O2/c1-8(12-13-9(2)14)10-4-6-11(15-3)7-5-10/h4-7H,1-3H3,(H,13,14)/b12-8+. The number of amides is 1. The van der Waals surface area contributed by atoms with Gasteiger partial charge in [0.1, 0.15) is 5.75 Å². The van der Waals surface area contributed by atoms with Crippen molar-refractivity contribution in [3.63, 3.8) is 0 Å². The van der Waals surface area contributed by atoms with Crippen LogP contribution >= 0.6 is 0 Å². The van der Waals surface area contributed by atoms with Gasteiger partial charge in [0.2, 0.25) is 5.91 Å². The van der Waals surface area contributed by atoms with E-state index in [1.807, 2.05) is 31.2 Å². The van der Waals surface area contributed by atoms with E-state index in [1.165, 1.54) is 6.92 Å². The molecule has 0 spiro atoms. The van der Waals surface area contributed by atoms with Gasteiger partial charge in [-0.05, 0) is 36.8 Å². The van der Waals surface area contributed by atoms with Crippen LogP contribution in [-0.2, 0) is 4.79 Å². The summed E-state index contributed by atoms with van der Waals surface area (Å²) in [5.41, 5.74) is 4.10. The third-order valence-corrected chi connectivity index (χ3v) is 1.89. The van der Waals surface area contributed by atoms with Gasteiger partial charge in [-0.15, -0.1) is 0 Å². The number of carbonyl (C=O) groups excluding carboxylic acids is 1. The highest BCUT2D eigenvalue weighted by atomic mass is 16.5. The molecule has 4 nitrogen and oxygen atoms in total. The molecule has 0 aliphatic heterocycles. The summed E-state index contributed by atoms with van der Waals surface area (Å²) >= 11 is 0. The van der Waals surface area contributed by atoms with E-state index in [0.29, 0.717) is 0 Å². The van der Waals surface area contributed by atoms with Crippen molar-refractivity contribution in [1.82, 2.24) is 5.43 Å². The second-order valence-corrected chi connectivity index (χ2v) is 3.09. The van der Waals surface area contributed by atoms with Crippen molar-refractivity contribution in [1.29, 1.82) is 0 Å². The molecule has 1 N–H and O–H groups in total. The first-order valence-electron chi connectivity index (χ1n) is 4.59. The maximum atomic E-state index is 10.6. The Hall–Kier alpha value is -1.84. The van der Waals surface area contributed by atoms with Crippen LogP contribution in [0.2, 0.25) is 0 Å². The molecule has 0 unspecified atom stereocenters. The lowest BCUT2D eigenvalue weighted by atomic mass is 10.1. The molecule has 1 amide bonds. The minimum absolute atomic E-state index is 0.178. The van der Waals surface area contributed by atoms with Crippen molar-refractivity contribution in [2.75, 3.05) is 7.11 Å². The summed E-state index contributed by atoms with van der Waals surface area (Å²) in [5, 5.41) is 3.93. The summed E-state index contributed by atoms with van der Waals surface area (Å²) in [7, 11) is 1.62. The van der Waals surface area contributed by atoms with E-state index in [4.69, 9.17) is 4.74 Å². The van der Waals surface area contributed by atoms with E-state index in [-0.39, 0.29) is 5.91 Å². The van der Waals surface area contributed by atoms with Crippen molar-refractivity contribution >= 4 is 11.6 Å². The van der Waals surface area contributed by atoms with E-state index >= 15 is 0 Å². The molecule has 0 saturated heterocycles. The lowest BCUT2D eigenvalue weighted by molar-refractivity contribution is -0.118. The van der Waals surface area contributed by atoms with Crippen molar-refractivity contribution < 1.29 is 9.53 Å². The zero-order valence-corrected chi connectivity index (χ0v) is 9.07. The molecule has 0 aliphatic rings. The summed E-state index contributed by atoms with van der Waals surface area (Å²) in [5.74, 6) is 0.619. The maximum absolute atomic E-state index is 10.6. The van der Waals surface area contributed by atoms with Crippen LogP contribution in [0.25, 0.3) is 0 Å². The summed E-state index contributed by atoms with van der Waals surface area (Å²) in [6.45, 7) is 3.25. The lowest BCUT2D eigenvalue weighted by Crippen LogP contribution is -2.14. The molecular weight excluding hydrogens is 192 g/mol. The SMILES string of the molecule is COc1ccc(/C(C)=N/NC(C)=O)cc1. The zero-order chi connectivity index (χ0) is 11.3. The van der Waals surface area contributed by atoms with Crippen molar-refractivity contribution in [3.8, 4) is 5.75 Å². The van der Waals surface area contributed by atoms with Crippen LogP contribution in [0.5, 0.6) is 5.75 Å². The highest BCUT2D eigenvalue weighted by Crippen LogP contribution is 2.11. The van der Waals surface area contributed by atoms with Gasteiger partial charge in [-0.3, -0.25) is 4.79 Å². The average molecular weight is 206 g/mol. The number of nitrogens with one attached hydrogen (secondary N) is 1. The number of carbonyl (C=O) groups is 1. The minimum atomic E-state index is -0.178. The molecule has 0 fully saturated rings. The predicted molar refractivity (Wildman–Crippen MR) is 59.0 cm³/mol. The topological polar surface area (TPSA) is 50.7 Å². The molecule has 0 aromatic heterocycles. The van der Waals surface area contributed by atoms with Crippen molar-refractivity contribution in [2.24, 2.45) is 5.10 Å². The van der Waals surface area contributed by atoms with Crippen LogP contribution in [0.4, 0.5) is 0 Å². The number of hydrazone groups is 1. The molecular formula is C11H14N2O2. The van der Waals surface area contributed by atoms with Gasteiger partial charge in [0.05, 0.1) is 12.8 Å². The number of nitrogens with zero attached hydrogens (tertiary/aromatic N) is 1. The summed E-state index contributed by atoms with van der Waals surface area (Å²) in [4.78, 5) is 10.6. The minimum Gasteiger partial charge on any atom is -0.497 e. The Bertz CT molecular complexity index is 369. The maximum Gasteiger partial charge on any atom is 0.236 e. The molecule has 0 saturated carbocycles. The zero-order valence-electron chi connectivity index (χ0n) is 9.07.